The van der Waals surface area contributed by atoms with Crippen LogP contribution in [0.5, 0.6) is 5.75 Å². The molecule has 0 aliphatic carbocycles. The summed E-state index contributed by atoms with van der Waals surface area (Å²) in [6.07, 6.45) is 0. The van der Waals surface area contributed by atoms with Crippen LogP contribution in [0.15, 0.2) is 18.2 Å². The summed E-state index contributed by atoms with van der Waals surface area (Å²) in [5.41, 5.74) is 0.782. The SMILES string of the molecule is COc1ccc(CS)cc1[N+](=O)[O-]. The second-order valence-corrected chi connectivity index (χ2v) is 2.74. The van der Waals surface area contributed by atoms with E-state index in [1.165, 1.54) is 13.2 Å². The summed E-state index contributed by atoms with van der Waals surface area (Å²) >= 11 is 4.03. The third-order valence-electron chi connectivity index (χ3n) is 1.62. The minimum atomic E-state index is -0.466. The Kier molecular flexibility index (Phi) is 3.13. The van der Waals surface area contributed by atoms with Crippen LogP contribution in [0.4, 0.5) is 5.69 Å². The van der Waals surface area contributed by atoms with Crippen LogP contribution in [0, 0.1) is 10.1 Å². The van der Waals surface area contributed by atoms with Crippen LogP contribution in [0.3, 0.4) is 0 Å². The number of hydrogen-bond donors (Lipinski definition) is 1. The van der Waals surface area contributed by atoms with Gasteiger partial charge in [-0.05, 0) is 11.6 Å². The molecule has 1 aromatic rings. The average molecular weight is 199 g/mol. The Bertz CT molecular complexity index is 327. The molecule has 0 fully saturated rings. The molecule has 4 nitrogen and oxygen atoms in total. The Morgan fingerprint density at radius 3 is 2.77 bits per heavy atom. The molecule has 13 heavy (non-hydrogen) atoms. The van der Waals surface area contributed by atoms with Crippen molar-refractivity contribution in [2.24, 2.45) is 0 Å². The quantitative estimate of drug-likeness (QED) is 0.460. The fourth-order valence-electron chi connectivity index (χ4n) is 0.977. The summed E-state index contributed by atoms with van der Waals surface area (Å²) in [4.78, 5) is 10.1. The zero-order valence-electron chi connectivity index (χ0n) is 7.06. The van der Waals surface area contributed by atoms with E-state index in [1.54, 1.807) is 12.1 Å². The van der Waals surface area contributed by atoms with Gasteiger partial charge in [0.05, 0.1) is 12.0 Å². The molecule has 0 aliphatic heterocycles. The van der Waals surface area contributed by atoms with Crippen molar-refractivity contribution >= 4 is 18.3 Å². The van der Waals surface area contributed by atoms with Gasteiger partial charge in [0, 0.05) is 11.8 Å². The molecule has 0 unspecified atom stereocenters. The first kappa shape index (κ1) is 9.85. The van der Waals surface area contributed by atoms with Crippen LogP contribution in [-0.4, -0.2) is 12.0 Å². The lowest BCUT2D eigenvalue weighted by Crippen LogP contribution is -1.94. The van der Waals surface area contributed by atoms with Crippen molar-refractivity contribution in [3.63, 3.8) is 0 Å². The third-order valence-corrected chi connectivity index (χ3v) is 1.99. The van der Waals surface area contributed by atoms with Gasteiger partial charge in [-0.25, -0.2) is 0 Å². The van der Waals surface area contributed by atoms with Crippen molar-refractivity contribution in [2.75, 3.05) is 7.11 Å². The summed E-state index contributed by atoms with van der Waals surface area (Å²) in [5, 5.41) is 10.5. The minimum absolute atomic E-state index is 0.0194. The maximum Gasteiger partial charge on any atom is 0.311 e. The molecular weight excluding hydrogens is 190 g/mol. The number of nitrogens with zero attached hydrogens (tertiary/aromatic N) is 1. The zero-order valence-corrected chi connectivity index (χ0v) is 7.95. The molecule has 0 radical (unpaired) electrons. The number of ether oxygens (including phenoxy) is 1. The van der Waals surface area contributed by atoms with Crippen LogP contribution in [0.1, 0.15) is 5.56 Å². The first-order valence-corrected chi connectivity index (χ1v) is 4.24. The highest BCUT2D eigenvalue weighted by molar-refractivity contribution is 7.79. The van der Waals surface area contributed by atoms with E-state index >= 15 is 0 Å². The monoisotopic (exact) mass is 199 g/mol. The van der Waals surface area contributed by atoms with Gasteiger partial charge in [-0.15, -0.1) is 0 Å². The van der Waals surface area contributed by atoms with E-state index in [0.29, 0.717) is 5.75 Å². The zero-order chi connectivity index (χ0) is 9.84. The van der Waals surface area contributed by atoms with E-state index in [9.17, 15) is 10.1 Å². The smallest absolute Gasteiger partial charge is 0.311 e. The second kappa shape index (κ2) is 4.13. The van der Waals surface area contributed by atoms with Crippen LogP contribution < -0.4 is 4.74 Å². The fraction of sp³-hybridized carbons (Fsp3) is 0.250. The van der Waals surface area contributed by atoms with Gasteiger partial charge in [0.2, 0.25) is 0 Å². The molecule has 0 N–H and O–H groups in total. The Hall–Kier alpha value is -1.23. The molecule has 0 heterocycles. The molecule has 0 atom stereocenters. The summed E-state index contributed by atoms with van der Waals surface area (Å²) in [6.45, 7) is 0. The van der Waals surface area contributed by atoms with E-state index in [4.69, 9.17) is 4.74 Å². The predicted octanol–water partition coefficient (Wildman–Crippen LogP) is 2.03. The molecule has 0 aliphatic rings. The highest BCUT2D eigenvalue weighted by Gasteiger charge is 2.14. The summed E-state index contributed by atoms with van der Waals surface area (Å²) in [6, 6.07) is 4.79. The highest BCUT2D eigenvalue weighted by atomic mass is 32.1. The molecule has 5 heteroatoms. The lowest BCUT2D eigenvalue weighted by Gasteiger charge is -2.02. The van der Waals surface area contributed by atoms with Gasteiger partial charge >= 0.3 is 5.69 Å². The normalized spacial score (nSPS) is 9.69. The first-order chi connectivity index (χ1) is 6.19. The molecule has 70 valence electrons. The number of benzene rings is 1. The summed E-state index contributed by atoms with van der Waals surface area (Å²) < 4.78 is 4.84. The Labute approximate surface area is 81.1 Å². The maximum atomic E-state index is 10.5. The molecule has 0 spiro atoms. The number of hydrogen-bond acceptors (Lipinski definition) is 4. The van der Waals surface area contributed by atoms with Gasteiger partial charge in [0.1, 0.15) is 0 Å². The van der Waals surface area contributed by atoms with Crippen molar-refractivity contribution in [2.45, 2.75) is 5.75 Å². The first-order valence-electron chi connectivity index (χ1n) is 3.61. The van der Waals surface area contributed by atoms with Gasteiger partial charge in [0.25, 0.3) is 0 Å². The van der Waals surface area contributed by atoms with Gasteiger partial charge in [0.15, 0.2) is 5.75 Å². The van der Waals surface area contributed by atoms with Crippen LogP contribution in [0.25, 0.3) is 0 Å². The number of methoxy groups -OCH3 is 1. The van der Waals surface area contributed by atoms with Gasteiger partial charge < -0.3 is 4.74 Å². The molecule has 0 aromatic heterocycles. The molecule has 0 bridgehead atoms. The molecule has 0 saturated carbocycles. The van der Waals surface area contributed by atoms with Crippen LogP contribution >= 0.6 is 12.6 Å². The number of nitro groups is 1. The number of rotatable bonds is 3. The maximum absolute atomic E-state index is 10.5. The standard InChI is InChI=1S/C8H9NO3S/c1-12-8-3-2-6(5-13)4-7(8)9(10)11/h2-4,13H,5H2,1H3. The number of nitro benzene ring substituents is 1. The van der Waals surface area contributed by atoms with E-state index in [0.717, 1.165) is 5.56 Å². The van der Waals surface area contributed by atoms with E-state index in [1.807, 2.05) is 0 Å². The lowest BCUT2D eigenvalue weighted by molar-refractivity contribution is -0.385. The second-order valence-electron chi connectivity index (χ2n) is 2.42. The fourth-order valence-corrected chi connectivity index (χ4v) is 1.17. The summed E-state index contributed by atoms with van der Waals surface area (Å²) in [7, 11) is 1.41. The Morgan fingerprint density at radius 2 is 2.31 bits per heavy atom. The molecule has 0 saturated heterocycles. The Balaban J connectivity index is 3.18. The lowest BCUT2D eigenvalue weighted by atomic mass is 10.2. The van der Waals surface area contributed by atoms with Crippen molar-refractivity contribution in [1.29, 1.82) is 0 Å². The van der Waals surface area contributed by atoms with Crippen molar-refractivity contribution in [1.82, 2.24) is 0 Å². The topological polar surface area (TPSA) is 52.4 Å². The van der Waals surface area contributed by atoms with Crippen molar-refractivity contribution in [3.05, 3.63) is 33.9 Å². The third kappa shape index (κ3) is 2.12. The largest absolute Gasteiger partial charge is 0.490 e. The van der Waals surface area contributed by atoms with E-state index < -0.39 is 4.92 Å². The minimum Gasteiger partial charge on any atom is -0.490 e. The molecule has 1 rings (SSSR count). The van der Waals surface area contributed by atoms with Crippen molar-refractivity contribution < 1.29 is 9.66 Å². The van der Waals surface area contributed by atoms with Gasteiger partial charge in [-0.1, -0.05) is 6.07 Å². The van der Waals surface area contributed by atoms with Crippen LogP contribution in [-0.2, 0) is 5.75 Å². The van der Waals surface area contributed by atoms with Crippen LogP contribution in [0.2, 0.25) is 0 Å². The predicted molar refractivity (Wildman–Crippen MR) is 52.3 cm³/mol. The van der Waals surface area contributed by atoms with E-state index in [2.05, 4.69) is 12.6 Å². The van der Waals surface area contributed by atoms with Gasteiger partial charge in [-0.2, -0.15) is 12.6 Å². The van der Waals surface area contributed by atoms with Gasteiger partial charge in [-0.3, -0.25) is 10.1 Å². The molecular formula is C8H9NO3S. The van der Waals surface area contributed by atoms with Crippen molar-refractivity contribution in [3.8, 4) is 5.75 Å². The molecule has 0 amide bonds. The summed E-state index contributed by atoms with van der Waals surface area (Å²) in [5.74, 6) is 0.751. The number of thiol groups is 1. The highest BCUT2D eigenvalue weighted by Crippen LogP contribution is 2.27. The van der Waals surface area contributed by atoms with E-state index in [-0.39, 0.29) is 11.4 Å². The Morgan fingerprint density at radius 1 is 1.62 bits per heavy atom. The average Bonchev–Trinajstić information content (AvgIpc) is 2.16. The molecule has 1 aromatic carbocycles.